The molecule has 0 atom stereocenters. The van der Waals surface area contributed by atoms with Gasteiger partial charge in [-0.15, -0.1) is 10.2 Å². The zero-order valence-corrected chi connectivity index (χ0v) is 10.9. The molecule has 2 N–H and O–H groups in total. The minimum Gasteiger partial charge on any atom is -0.465 e. The molecule has 0 spiro atoms. The summed E-state index contributed by atoms with van der Waals surface area (Å²) in [5, 5.41) is 18.8. The quantitative estimate of drug-likeness (QED) is 0.848. The Labute approximate surface area is 110 Å². The molecule has 8 nitrogen and oxygen atoms in total. The van der Waals surface area contributed by atoms with E-state index >= 15 is 0 Å². The van der Waals surface area contributed by atoms with Crippen LogP contribution in [0.5, 0.6) is 0 Å². The largest absolute Gasteiger partial charge is 0.465 e. The van der Waals surface area contributed by atoms with Crippen molar-refractivity contribution in [3.05, 3.63) is 12.4 Å². The first kappa shape index (κ1) is 13.1. The molecule has 0 saturated carbocycles. The molecule has 0 aliphatic heterocycles. The summed E-state index contributed by atoms with van der Waals surface area (Å²) in [6, 6.07) is 0. The maximum absolute atomic E-state index is 10.7. The molecule has 102 valence electrons. The number of hydrogen-bond donors (Lipinski definition) is 2. The van der Waals surface area contributed by atoms with Crippen LogP contribution < -0.4 is 10.2 Å². The van der Waals surface area contributed by atoms with Crippen LogP contribution in [0.2, 0.25) is 0 Å². The molecule has 0 bridgehead atoms. The molecule has 2 aromatic heterocycles. The maximum atomic E-state index is 10.7. The smallest absolute Gasteiger partial charge is 0.411 e. The van der Waals surface area contributed by atoms with Crippen LogP contribution >= 0.6 is 0 Å². The van der Waals surface area contributed by atoms with Gasteiger partial charge >= 0.3 is 6.09 Å². The van der Waals surface area contributed by atoms with Crippen LogP contribution in [0.25, 0.3) is 5.65 Å². The first-order chi connectivity index (χ1) is 9.17. The van der Waals surface area contributed by atoms with Crippen LogP contribution in [0.1, 0.15) is 20.3 Å². The lowest BCUT2D eigenvalue weighted by molar-refractivity contribution is 0.209. The number of rotatable bonds is 5. The molecule has 0 aliphatic carbocycles. The lowest BCUT2D eigenvalue weighted by Gasteiger charge is -2.20. The molecule has 0 saturated heterocycles. The van der Waals surface area contributed by atoms with Crippen LogP contribution in [0.3, 0.4) is 0 Å². The highest BCUT2D eigenvalue weighted by Crippen LogP contribution is 2.19. The highest BCUT2D eigenvalue weighted by molar-refractivity contribution is 5.81. The van der Waals surface area contributed by atoms with E-state index in [0.717, 1.165) is 19.5 Å². The van der Waals surface area contributed by atoms with Crippen molar-refractivity contribution in [2.24, 2.45) is 0 Å². The van der Waals surface area contributed by atoms with Crippen molar-refractivity contribution in [1.82, 2.24) is 19.6 Å². The Kier molecular flexibility index (Phi) is 3.79. The third-order valence-corrected chi connectivity index (χ3v) is 2.70. The summed E-state index contributed by atoms with van der Waals surface area (Å²) in [6.07, 6.45) is 3.06. The summed E-state index contributed by atoms with van der Waals surface area (Å²) < 4.78 is 1.58. The standard InChI is InChI=1S/C11H16N6O2/c1-3-6-16(4-2)8-9-14-15-10(13-11(18)19)17(9)7-5-12-8/h5,7H,3-4,6H2,1-2H3,(H,13,15)(H,18,19). The average Bonchev–Trinajstić information content (AvgIpc) is 2.79. The Bertz CT molecular complexity index is 582. The Balaban J connectivity index is 2.46. The Morgan fingerprint density at radius 1 is 1.47 bits per heavy atom. The number of carboxylic acid groups (broad SMARTS) is 1. The summed E-state index contributed by atoms with van der Waals surface area (Å²) in [6.45, 7) is 5.78. The highest BCUT2D eigenvalue weighted by Gasteiger charge is 2.15. The van der Waals surface area contributed by atoms with Gasteiger partial charge in [0.15, 0.2) is 5.82 Å². The van der Waals surface area contributed by atoms with Crippen LogP contribution in [-0.2, 0) is 0 Å². The number of amides is 1. The fourth-order valence-electron chi connectivity index (χ4n) is 1.90. The van der Waals surface area contributed by atoms with E-state index in [4.69, 9.17) is 5.11 Å². The van der Waals surface area contributed by atoms with Gasteiger partial charge in [-0.25, -0.2) is 9.78 Å². The minimum absolute atomic E-state index is 0.165. The topological polar surface area (TPSA) is 95.7 Å². The molecular weight excluding hydrogens is 248 g/mol. The van der Waals surface area contributed by atoms with Crippen LogP contribution in [-0.4, -0.2) is 43.9 Å². The van der Waals surface area contributed by atoms with E-state index in [1.807, 2.05) is 6.92 Å². The molecular formula is C11H16N6O2. The number of fused-ring (bicyclic) bond motifs is 1. The minimum atomic E-state index is -1.17. The molecule has 0 aromatic carbocycles. The van der Waals surface area contributed by atoms with Gasteiger partial charge in [0.05, 0.1) is 0 Å². The van der Waals surface area contributed by atoms with Crippen molar-refractivity contribution in [3.63, 3.8) is 0 Å². The van der Waals surface area contributed by atoms with E-state index in [0.29, 0.717) is 11.5 Å². The van der Waals surface area contributed by atoms with E-state index in [1.165, 1.54) is 0 Å². The summed E-state index contributed by atoms with van der Waals surface area (Å²) >= 11 is 0. The number of hydrogen-bond acceptors (Lipinski definition) is 5. The van der Waals surface area contributed by atoms with Gasteiger partial charge in [-0.1, -0.05) is 6.92 Å². The molecule has 1 amide bonds. The van der Waals surface area contributed by atoms with Gasteiger partial charge in [-0.3, -0.25) is 9.72 Å². The van der Waals surface area contributed by atoms with Crippen LogP contribution in [0.4, 0.5) is 16.6 Å². The van der Waals surface area contributed by atoms with Gasteiger partial charge < -0.3 is 10.0 Å². The van der Waals surface area contributed by atoms with Crippen molar-refractivity contribution < 1.29 is 9.90 Å². The Hall–Kier alpha value is -2.38. The van der Waals surface area contributed by atoms with E-state index < -0.39 is 6.09 Å². The molecule has 0 unspecified atom stereocenters. The monoisotopic (exact) mass is 264 g/mol. The van der Waals surface area contributed by atoms with E-state index in [1.54, 1.807) is 16.8 Å². The first-order valence-corrected chi connectivity index (χ1v) is 6.12. The molecule has 8 heteroatoms. The van der Waals surface area contributed by atoms with Gasteiger partial charge in [-0.05, 0) is 13.3 Å². The van der Waals surface area contributed by atoms with Crippen molar-refractivity contribution in [2.45, 2.75) is 20.3 Å². The Morgan fingerprint density at radius 3 is 2.89 bits per heavy atom. The van der Waals surface area contributed by atoms with Crippen LogP contribution in [0, 0.1) is 0 Å². The zero-order valence-electron chi connectivity index (χ0n) is 10.9. The summed E-state index contributed by atoms with van der Waals surface area (Å²) in [7, 11) is 0. The normalized spacial score (nSPS) is 10.6. The van der Waals surface area contributed by atoms with Gasteiger partial charge in [0.25, 0.3) is 0 Å². The summed E-state index contributed by atoms with van der Waals surface area (Å²) in [4.78, 5) is 17.1. The third kappa shape index (κ3) is 2.56. The number of carbonyl (C=O) groups is 1. The van der Waals surface area contributed by atoms with E-state index in [9.17, 15) is 4.79 Å². The second-order valence-electron chi connectivity index (χ2n) is 3.98. The summed E-state index contributed by atoms with van der Waals surface area (Å²) in [5.41, 5.74) is 0.543. The fourth-order valence-corrected chi connectivity index (χ4v) is 1.90. The molecule has 2 rings (SSSR count). The lowest BCUT2D eigenvalue weighted by Crippen LogP contribution is -2.25. The molecule has 0 aliphatic rings. The maximum Gasteiger partial charge on any atom is 0.411 e. The fraction of sp³-hybridized carbons (Fsp3) is 0.455. The number of nitrogens with zero attached hydrogens (tertiary/aromatic N) is 5. The first-order valence-electron chi connectivity index (χ1n) is 6.12. The zero-order chi connectivity index (χ0) is 13.8. The number of anilines is 2. The van der Waals surface area contributed by atoms with Gasteiger partial charge in [0.2, 0.25) is 11.6 Å². The molecule has 2 aromatic rings. The number of aromatic nitrogens is 4. The molecule has 0 radical (unpaired) electrons. The third-order valence-electron chi connectivity index (χ3n) is 2.70. The second-order valence-corrected chi connectivity index (χ2v) is 3.98. The second kappa shape index (κ2) is 5.51. The van der Waals surface area contributed by atoms with Gasteiger partial charge in [0.1, 0.15) is 0 Å². The van der Waals surface area contributed by atoms with Crippen molar-refractivity contribution in [1.29, 1.82) is 0 Å². The van der Waals surface area contributed by atoms with Crippen molar-refractivity contribution in [3.8, 4) is 0 Å². The molecule has 19 heavy (non-hydrogen) atoms. The van der Waals surface area contributed by atoms with Gasteiger partial charge in [0, 0.05) is 25.5 Å². The average molecular weight is 264 g/mol. The van der Waals surface area contributed by atoms with E-state index in [-0.39, 0.29) is 5.95 Å². The van der Waals surface area contributed by atoms with Crippen molar-refractivity contribution >= 4 is 23.5 Å². The molecule has 0 fully saturated rings. The van der Waals surface area contributed by atoms with Crippen LogP contribution in [0.15, 0.2) is 12.4 Å². The SMILES string of the molecule is CCCN(CC)c1nccn2c(NC(=O)O)nnc12. The predicted octanol–water partition coefficient (Wildman–Crippen LogP) is 1.45. The predicted molar refractivity (Wildman–Crippen MR) is 70.6 cm³/mol. The summed E-state index contributed by atoms with van der Waals surface area (Å²) in [5.74, 6) is 0.872. The number of nitrogens with one attached hydrogen (secondary N) is 1. The Morgan fingerprint density at radius 2 is 2.26 bits per heavy atom. The highest BCUT2D eigenvalue weighted by atomic mass is 16.4. The van der Waals surface area contributed by atoms with E-state index in [2.05, 4.69) is 32.3 Å². The van der Waals surface area contributed by atoms with Crippen molar-refractivity contribution in [2.75, 3.05) is 23.3 Å². The van der Waals surface area contributed by atoms with Gasteiger partial charge in [-0.2, -0.15) is 0 Å². The lowest BCUT2D eigenvalue weighted by atomic mass is 10.4. The molecule has 2 heterocycles.